The highest BCUT2D eigenvalue weighted by molar-refractivity contribution is 6.04. The van der Waals surface area contributed by atoms with E-state index in [1.807, 2.05) is 54.6 Å². The van der Waals surface area contributed by atoms with Crippen LogP contribution in [0.2, 0.25) is 0 Å². The van der Waals surface area contributed by atoms with Crippen LogP contribution in [0, 0.1) is 0 Å². The second-order valence-corrected chi connectivity index (χ2v) is 12.3. The highest BCUT2D eigenvalue weighted by Crippen LogP contribution is 2.32. The Hall–Kier alpha value is -6.78. The van der Waals surface area contributed by atoms with Crippen molar-refractivity contribution in [2.45, 2.75) is 0 Å². The Labute approximate surface area is 290 Å². The van der Waals surface area contributed by atoms with E-state index in [0.717, 1.165) is 83.5 Å². The van der Waals surface area contributed by atoms with E-state index in [4.69, 9.17) is 19.9 Å². The number of fused-ring (bicyclic) bond motifs is 3. The molecule has 0 aliphatic heterocycles. The Morgan fingerprint density at radius 3 is 1.20 bits per heavy atom. The summed E-state index contributed by atoms with van der Waals surface area (Å²) in [5.74, 6) is 0.696. The fourth-order valence-electron chi connectivity index (χ4n) is 6.46. The molecule has 0 radical (unpaired) electrons. The van der Waals surface area contributed by atoms with E-state index in [9.17, 15) is 0 Å². The SMILES string of the molecule is c1ccc(-c2cc(-c3ccccc3)nc(-c3ccc(-c4cccc(-c5ccc6ccc7ccc(-c8ccccc8)nc7c6n5)c4)cc3)n2)cc1. The first kappa shape index (κ1) is 29.4. The quantitative estimate of drug-likeness (QED) is 0.170. The lowest BCUT2D eigenvalue weighted by molar-refractivity contribution is 1.18. The topological polar surface area (TPSA) is 51.6 Å². The van der Waals surface area contributed by atoms with Crippen LogP contribution in [-0.2, 0) is 0 Å². The van der Waals surface area contributed by atoms with Gasteiger partial charge in [-0.2, -0.15) is 0 Å². The van der Waals surface area contributed by atoms with Crippen LogP contribution >= 0.6 is 0 Å². The van der Waals surface area contributed by atoms with Crippen molar-refractivity contribution in [3.8, 4) is 67.5 Å². The smallest absolute Gasteiger partial charge is 0.160 e. The summed E-state index contributed by atoms with van der Waals surface area (Å²) in [6.45, 7) is 0. The van der Waals surface area contributed by atoms with Crippen LogP contribution in [0.3, 0.4) is 0 Å². The molecule has 50 heavy (non-hydrogen) atoms. The maximum atomic E-state index is 5.18. The van der Waals surface area contributed by atoms with Gasteiger partial charge in [-0.25, -0.2) is 19.9 Å². The lowest BCUT2D eigenvalue weighted by atomic mass is 9.99. The monoisotopic (exact) mass is 638 g/mol. The summed E-state index contributed by atoms with van der Waals surface area (Å²) in [6.07, 6.45) is 0. The number of hydrogen-bond donors (Lipinski definition) is 0. The zero-order valence-electron chi connectivity index (χ0n) is 27.1. The first-order valence-electron chi connectivity index (χ1n) is 16.7. The Morgan fingerprint density at radius 1 is 0.240 bits per heavy atom. The molecule has 6 aromatic carbocycles. The van der Waals surface area contributed by atoms with Crippen molar-refractivity contribution in [2.75, 3.05) is 0 Å². The summed E-state index contributed by atoms with van der Waals surface area (Å²) in [7, 11) is 0. The van der Waals surface area contributed by atoms with Crippen molar-refractivity contribution >= 4 is 21.8 Å². The highest BCUT2D eigenvalue weighted by atomic mass is 14.9. The first-order valence-corrected chi connectivity index (χ1v) is 16.7. The van der Waals surface area contributed by atoms with Gasteiger partial charge in [-0.3, -0.25) is 0 Å². The lowest BCUT2D eigenvalue weighted by Crippen LogP contribution is -1.96. The van der Waals surface area contributed by atoms with Crippen LogP contribution in [0.4, 0.5) is 0 Å². The molecular formula is C46H30N4. The van der Waals surface area contributed by atoms with Crippen molar-refractivity contribution in [3.05, 3.63) is 182 Å². The molecular weight excluding hydrogens is 609 g/mol. The maximum absolute atomic E-state index is 5.18. The number of hydrogen-bond acceptors (Lipinski definition) is 4. The highest BCUT2D eigenvalue weighted by Gasteiger charge is 2.12. The third kappa shape index (κ3) is 5.69. The molecule has 0 saturated carbocycles. The van der Waals surface area contributed by atoms with Gasteiger partial charge in [0.05, 0.1) is 33.8 Å². The summed E-state index contributed by atoms with van der Waals surface area (Å²) in [6, 6.07) is 62.7. The molecule has 3 aromatic heterocycles. The van der Waals surface area contributed by atoms with Crippen LogP contribution < -0.4 is 0 Å². The summed E-state index contributed by atoms with van der Waals surface area (Å²) < 4.78 is 0. The van der Waals surface area contributed by atoms with Crippen molar-refractivity contribution in [1.82, 2.24) is 19.9 Å². The van der Waals surface area contributed by atoms with E-state index in [-0.39, 0.29) is 0 Å². The average molecular weight is 639 g/mol. The molecule has 0 saturated heterocycles. The van der Waals surface area contributed by atoms with E-state index in [1.54, 1.807) is 0 Å². The van der Waals surface area contributed by atoms with Gasteiger partial charge in [0.1, 0.15) is 0 Å². The fraction of sp³-hybridized carbons (Fsp3) is 0. The fourth-order valence-corrected chi connectivity index (χ4v) is 6.46. The van der Waals surface area contributed by atoms with Gasteiger partial charge in [-0.1, -0.05) is 158 Å². The minimum absolute atomic E-state index is 0.696. The predicted molar refractivity (Wildman–Crippen MR) is 205 cm³/mol. The summed E-state index contributed by atoms with van der Waals surface area (Å²) >= 11 is 0. The number of aromatic nitrogens is 4. The molecule has 4 nitrogen and oxygen atoms in total. The molecule has 3 heterocycles. The second-order valence-electron chi connectivity index (χ2n) is 12.3. The van der Waals surface area contributed by atoms with Crippen molar-refractivity contribution in [1.29, 1.82) is 0 Å². The van der Waals surface area contributed by atoms with Crippen LogP contribution in [0.25, 0.3) is 89.4 Å². The molecule has 0 fully saturated rings. The van der Waals surface area contributed by atoms with Gasteiger partial charge in [-0.05, 0) is 35.4 Å². The Balaban J connectivity index is 1.06. The van der Waals surface area contributed by atoms with Crippen LogP contribution in [0.5, 0.6) is 0 Å². The van der Waals surface area contributed by atoms with E-state index in [0.29, 0.717) is 5.82 Å². The van der Waals surface area contributed by atoms with Gasteiger partial charge >= 0.3 is 0 Å². The summed E-state index contributed by atoms with van der Waals surface area (Å²) in [4.78, 5) is 20.3. The molecule has 0 aliphatic rings. The van der Waals surface area contributed by atoms with Gasteiger partial charge in [0, 0.05) is 38.6 Å². The molecule has 0 unspecified atom stereocenters. The van der Waals surface area contributed by atoms with E-state index in [2.05, 4.69) is 127 Å². The molecule has 234 valence electrons. The average Bonchev–Trinajstić information content (AvgIpc) is 3.21. The largest absolute Gasteiger partial charge is 0.245 e. The molecule has 9 rings (SSSR count). The van der Waals surface area contributed by atoms with Crippen LogP contribution in [0.1, 0.15) is 0 Å². The molecule has 9 aromatic rings. The number of pyridine rings is 2. The van der Waals surface area contributed by atoms with Crippen molar-refractivity contribution in [3.63, 3.8) is 0 Å². The molecule has 0 N–H and O–H groups in total. The number of nitrogens with zero attached hydrogens (tertiary/aromatic N) is 4. The molecule has 0 aliphatic carbocycles. The minimum Gasteiger partial charge on any atom is -0.245 e. The second kappa shape index (κ2) is 12.7. The standard InChI is InChI=1S/C46H30N4/c1-4-11-32(12-5-1)40-27-25-35-21-22-36-26-28-41(48-45(36)44(35)47-40)39-18-10-17-38(29-39)31-19-23-37(24-20-31)46-49-42(33-13-6-2-7-14-33)30-43(50-46)34-15-8-3-9-16-34/h1-30H. The van der Waals surface area contributed by atoms with Gasteiger partial charge in [0.15, 0.2) is 5.82 Å². The van der Waals surface area contributed by atoms with Crippen LogP contribution in [0.15, 0.2) is 182 Å². The Kier molecular flexibility index (Phi) is 7.45. The van der Waals surface area contributed by atoms with Gasteiger partial charge < -0.3 is 0 Å². The lowest BCUT2D eigenvalue weighted by Gasteiger charge is -2.11. The number of benzene rings is 6. The Bertz CT molecular complexity index is 2560. The van der Waals surface area contributed by atoms with Crippen molar-refractivity contribution < 1.29 is 0 Å². The molecule has 0 bridgehead atoms. The normalized spacial score (nSPS) is 11.2. The van der Waals surface area contributed by atoms with Gasteiger partial charge in [0.25, 0.3) is 0 Å². The van der Waals surface area contributed by atoms with Gasteiger partial charge in [0.2, 0.25) is 0 Å². The van der Waals surface area contributed by atoms with Gasteiger partial charge in [-0.15, -0.1) is 0 Å². The molecule has 0 spiro atoms. The third-order valence-corrected chi connectivity index (χ3v) is 9.09. The van der Waals surface area contributed by atoms with Crippen molar-refractivity contribution in [2.24, 2.45) is 0 Å². The zero-order chi connectivity index (χ0) is 33.3. The Morgan fingerprint density at radius 2 is 0.660 bits per heavy atom. The summed E-state index contributed by atoms with van der Waals surface area (Å²) in [5.41, 5.74) is 12.9. The summed E-state index contributed by atoms with van der Waals surface area (Å²) in [5, 5.41) is 2.14. The molecule has 0 atom stereocenters. The maximum Gasteiger partial charge on any atom is 0.160 e. The zero-order valence-corrected chi connectivity index (χ0v) is 27.1. The number of rotatable bonds is 6. The first-order chi connectivity index (χ1) is 24.7. The van der Waals surface area contributed by atoms with E-state index < -0.39 is 0 Å². The minimum atomic E-state index is 0.696. The third-order valence-electron chi connectivity index (χ3n) is 9.09. The predicted octanol–water partition coefficient (Wildman–Crippen LogP) is 11.6. The molecule has 4 heteroatoms. The van der Waals surface area contributed by atoms with E-state index >= 15 is 0 Å². The molecule has 0 amide bonds. The van der Waals surface area contributed by atoms with E-state index in [1.165, 1.54) is 0 Å². The van der Waals surface area contributed by atoms with Crippen LogP contribution in [-0.4, -0.2) is 19.9 Å².